The van der Waals surface area contributed by atoms with E-state index < -0.39 is 5.60 Å². The second kappa shape index (κ2) is 4.80. The molecule has 4 aliphatic carbocycles. The first-order chi connectivity index (χ1) is 11.9. The number of aromatic amines is 1. The van der Waals surface area contributed by atoms with Gasteiger partial charge in [-0.15, -0.1) is 6.42 Å². The Bertz CT molecular complexity index is 801. The lowest BCUT2D eigenvalue weighted by Gasteiger charge is -2.58. The largest absolute Gasteiger partial charge is 0.377 e. The number of hydrogen-bond donors (Lipinski definition) is 2. The van der Waals surface area contributed by atoms with Crippen molar-refractivity contribution in [2.45, 2.75) is 64.4 Å². The maximum absolute atomic E-state index is 11.1. The maximum atomic E-state index is 11.1. The molecule has 0 unspecified atom stereocenters. The van der Waals surface area contributed by atoms with Gasteiger partial charge in [0.1, 0.15) is 5.60 Å². The summed E-state index contributed by atoms with van der Waals surface area (Å²) in [6.45, 7) is 4.75. The predicted molar refractivity (Wildman–Crippen MR) is 98.4 cm³/mol. The molecule has 0 aliphatic heterocycles. The molecule has 0 saturated heterocycles. The highest BCUT2D eigenvalue weighted by Crippen LogP contribution is 2.67. The first-order valence-electron chi connectivity index (χ1n) is 9.85. The molecule has 4 aliphatic rings. The molecule has 5 rings (SSSR count). The number of fused-ring (bicyclic) bond motifs is 6. The summed E-state index contributed by atoms with van der Waals surface area (Å²) < 4.78 is 0. The van der Waals surface area contributed by atoms with Crippen molar-refractivity contribution in [3.63, 3.8) is 0 Å². The van der Waals surface area contributed by atoms with E-state index in [-0.39, 0.29) is 10.8 Å². The molecule has 0 aromatic carbocycles. The normalized spacial score (nSPS) is 47.8. The van der Waals surface area contributed by atoms with E-state index in [1.54, 1.807) is 5.57 Å². The summed E-state index contributed by atoms with van der Waals surface area (Å²) in [5.41, 5.74) is 3.44. The van der Waals surface area contributed by atoms with Gasteiger partial charge in [-0.3, -0.25) is 5.10 Å². The summed E-state index contributed by atoms with van der Waals surface area (Å²) in [5, 5.41) is 18.5. The number of nitrogens with one attached hydrogen (secondary N) is 1. The van der Waals surface area contributed by atoms with E-state index in [1.165, 1.54) is 30.5 Å². The van der Waals surface area contributed by atoms with Gasteiger partial charge in [-0.05, 0) is 79.8 Å². The van der Waals surface area contributed by atoms with E-state index in [1.807, 2.05) is 6.20 Å². The van der Waals surface area contributed by atoms with Crippen LogP contribution in [0.1, 0.15) is 63.6 Å². The molecule has 2 N–H and O–H groups in total. The van der Waals surface area contributed by atoms with E-state index in [2.05, 4.69) is 36.0 Å². The topological polar surface area (TPSA) is 48.9 Å². The molecular weight excluding hydrogens is 308 g/mol. The average molecular weight is 336 g/mol. The van der Waals surface area contributed by atoms with Crippen LogP contribution in [-0.4, -0.2) is 20.9 Å². The Hall–Kier alpha value is -1.53. The van der Waals surface area contributed by atoms with Crippen LogP contribution in [0.25, 0.3) is 6.08 Å². The molecule has 0 radical (unpaired) electrons. The number of rotatable bonds is 0. The van der Waals surface area contributed by atoms with Crippen LogP contribution in [-0.2, 0) is 6.42 Å². The summed E-state index contributed by atoms with van der Waals surface area (Å²) in [4.78, 5) is 0. The summed E-state index contributed by atoms with van der Waals surface area (Å²) in [5.74, 6) is 4.74. The Kier molecular flexibility index (Phi) is 3.01. The van der Waals surface area contributed by atoms with Crippen LogP contribution in [0.4, 0.5) is 0 Å². The summed E-state index contributed by atoms with van der Waals surface area (Å²) >= 11 is 0. The van der Waals surface area contributed by atoms with Crippen LogP contribution in [0.2, 0.25) is 0 Å². The Balaban J connectivity index is 1.53. The van der Waals surface area contributed by atoms with Crippen LogP contribution < -0.4 is 0 Å². The minimum Gasteiger partial charge on any atom is -0.377 e. The van der Waals surface area contributed by atoms with E-state index in [4.69, 9.17) is 6.42 Å². The Morgan fingerprint density at radius 2 is 2.04 bits per heavy atom. The van der Waals surface area contributed by atoms with Gasteiger partial charge in [0, 0.05) is 5.41 Å². The molecule has 0 bridgehead atoms. The molecule has 3 nitrogen and oxygen atoms in total. The lowest BCUT2D eigenvalue weighted by molar-refractivity contribution is -0.0974. The zero-order valence-corrected chi connectivity index (χ0v) is 15.3. The van der Waals surface area contributed by atoms with Crippen LogP contribution in [0.15, 0.2) is 11.8 Å². The highest BCUT2D eigenvalue weighted by Gasteiger charge is 2.63. The Labute approximate surface area is 150 Å². The maximum Gasteiger partial charge on any atom is 0.130 e. The third-order valence-electron chi connectivity index (χ3n) is 8.75. The van der Waals surface area contributed by atoms with Crippen molar-refractivity contribution in [3.8, 4) is 12.3 Å². The second-order valence-corrected chi connectivity index (χ2v) is 9.49. The van der Waals surface area contributed by atoms with E-state index >= 15 is 0 Å². The van der Waals surface area contributed by atoms with Crippen LogP contribution in [0.5, 0.6) is 0 Å². The smallest absolute Gasteiger partial charge is 0.130 e. The van der Waals surface area contributed by atoms with Crippen molar-refractivity contribution in [2.75, 3.05) is 0 Å². The zero-order chi connectivity index (χ0) is 17.4. The predicted octanol–water partition coefficient (Wildman–Crippen LogP) is 3.96. The quantitative estimate of drug-likeness (QED) is 0.705. The van der Waals surface area contributed by atoms with Crippen molar-refractivity contribution in [1.29, 1.82) is 0 Å². The molecule has 3 fully saturated rings. The van der Waals surface area contributed by atoms with Gasteiger partial charge in [0.2, 0.25) is 0 Å². The number of terminal acetylenes is 1. The van der Waals surface area contributed by atoms with Crippen molar-refractivity contribution in [2.24, 2.45) is 28.6 Å². The molecule has 1 aromatic rings. The van der Waals surface area contributed by atoms with E-state index in [0.717, 1.165) is 25.7 Å². The number of aromatic nitrogens is 2. The SMILES string of the molecule is C#C[C@]1(O)CC[C@H]2[C@@H]3CCC4=Cc5[nH]ncc5C[C@]4(C)[C@H]3CC[C@@]21C. The highest BCUT2D eigenvalue weighted by molar-refractivity contribution is 5.58. The third-order valence-corrected chi connectivity index (χ3v) is 8.75. The number of H-pyrrole nitrogens is 1. The Morgan fingerprint density at radius 3 is 2.84 bits per heavy atom. The van der Waals surface area contributed by atoms with Gasteiger partial charge in [0.25, 0.3) is 0 Å². The second-order valence-electron chi connectivity index (χ2n) is 9.49. The van der Waals surface area contributed by atoms with Crippen molar-refractivity contribution in [1.82, 2.24) is 10.2 Å². The van der Waals surface area contributed by atoms with Crippen molar-refractivity contribution >= 4 is 6.08 Å². The van der Waals surface area contributed by atoms with Gasteiger partial charge in [0.05, 0.1) is 11.9 Å². The first-order valence-corrected chi connectivity index (χ1v) is 9.85. The molecule has 25 heavy (non-hydrogen) atoms. The van der Waals surface area contributed by atoms with Gasteiger partial charge < -0.3 is 5.11 Å². The fraction of sp³-hybridized carbons (Fsp3) is 0.682. The van der Waals surface area contributed by atoms with E-state index in [0.29, 0.717) is 17.8 Å². The monoisotopic (exact) mass is 336 g/mol. The molecule has 0 spiro atoms. The highest BCUT2D eigenvalue weighted by atomic mass is 16.3. The molecule has 3 saturated carbocycles. The lowest BCUT2D eigenvalue weighted by Crippen LogP contribution is -2.54. The van der Waals surface area contributed by atoms with Gasteiger partial charge >= 0.3 is 0 Å². The van der Waals surface area contributed by atoms with Crippen molar-refractivity contribution in [3.05, 3.63) is 23.0 Å². The standard InChI is InChI=1S/C22H28N2O/c1-4-22(25)10-8-18-16-6-5-15-11-19-14(13-23-24-19)12-20(15,2)17(16)7-9-21(18,22)3/h1,11,13,16-18,25H,5-10,12H2,2-3H3,(H,23,24)/t16-,17+,18+,20+,21+,22+/m1/s1. The van der Waals surface area contributed by atoms with Gasteiger partial charge in [0.15, 0.2) is 0 Å². The van der Waals surface area contributed by atoms with Gasteiger partial charge in [-0.25, -0.2) is 0 Å². The molecule has 1 aromatic heterocycles. The molecule has 3 heteroatoms. The molecule has 6 atom stereocenters. The first kappa shape index (κ1) is 15.7. The number of hydrogen-bond acceptors (Lipinski definition) is 2. The van der Waals surface area contributed by atoms with E-state index in [9.17, 15) is 5.11 Å². The fourth-order valence-corrected chi connectivity index (χ4v) is 7.22. The minimum absolute atomic E-state index is 0.101. The third kappa shape index (κ3) is 1.79. The van der Waals surface area contributed by atoms with Crippen LogP contribution in [0.3, 0.4) is 0 Å². The summed E-state index contributed by atoms with van der Waals surface area (Å²) in [6, 6.07) is 0. The zero-order valence-electron chi connectivity index (χ0n) is 15.3. The molecule has 132 valence electrons. The molecule has 1 heterocycles. The molecular formula is C22H28N2O. The minimum atomic E-state index is -0.899. The lowest BCUT2D eigenvalue weighted by atomic mass is 9.46. The number of nitrogens with zero attached hydrogens (tertiary/aromatic N) is 1. The van der Waals surface area contributed by atoms with Crippen LogP contribution in [0, 0.1) is 40.9 Å². The van der Waals surface area contributed by atoms with Crippen molar-refractivity contribution < 1.29 is 5.11 Å². The molecule has 0 amide bonds. The number of allylic oxidation sites excluding steroid dienone is 1. The van der Waals surface area contributed by atoms with Gasteiger partial charge in [-0.1, -0.05) is 25.3 Å². The average Bonchev–Trinajstić information content (AvgIpc) is 3.14. The van der Waals surface area contributed by atoms with Crippen LogP contribution >= 0.6 is 0 Å². The number of aliphatic hydroxyl groups is 1. The Morgan fingerprint density at radius 1 is 1.24 bits per heavy atom. The van der Waals surface area contributed by atoms with Gasteiger partial charge in [-0.2, -0.15) is 5.10 Å². The summed E-state index contributed by atoms with van der Waals surface area (Å²) in [7, 11) is 0. The summed E-state index contributed by atoms with van der Waals surface area (Å²) in [6.07, 6.45) is 17.8. The fourth-order valence-electron chi connectivity index (χ4n) is 7.22.